The van der Waals surface area contributed by atoms with Crippen LogP contribution in [0.2, 0.25) is 0 Å². The second-order valence-electron chi connectivity index (χ2n) is 6.91. The van der Waals surface area contributed by atoms with Crippen LogP contribution in [0.15, 0.2) is 59.6 Å². The van der Waals surface area contributed by atoms with Crippen LogP contribution in [-0.4, -0.2) is 10.7 Å². The lowest BCUT2D eigenvalue weighted by atomic mass is 10.1. The molecule has 2 aromatic carbocycles. The lowest BCUT2D eigenvalue weighted by molar-refractivity contribution is 1.09. The van der Waals surface area contributed by atoms with E-state index in [-0.39, 0.29) is 0 Å². The van der Waals surface area contributed by atoms with Crippen molar-refractivity contribution in [1.82, 2.24) is 4.98 Å². The van der Waals surface area contributed by atoms with Crippen molar-refractivity contribution in [3.8, 4) is 18.4 Å². The summed E-state index contributed by atoms with van der Waals surface area (Å²) in [6, 6.07) is 20.8. The van der Waals surface area contributed by atoms with Gasteiger partial charge in [-0.25, -0.2) is 4.98 Å². The highest BCUT2D eigenvalue weighted by Crippen LogP contribution is 2.26. The molecule has 1 heterocycles. The van der Waals surface area contributed by atoms with Crippen LogP contribution < -0.4 is 0 Å². The molecule has 0 atom stereocenters. The zero-order chi connectivity index (χ0) is 21.3. The van der Waals surface area contributed by atoms with Crippen molar-refractivity contribution in [2.24, 2.45) is 0 Å². The molecule has 0 spiro atoms. The Morgan fingerprint density at radius 3 is 2.00 bits per heavy atom. The first-order valence-electron chi connectivity index (χ1n) is 9.60. The van der Waals surface area contributed by atoms with E-state index in [1.54, 1.807) is 0 Å². The van der Waals surface area contributed by atoms with Crippen LogP contribution in [0.4, 0.5) is 0 Å². The fourth-order valence-corrected chi connectivity index (χ4v) is 3.52. The second-order valence-corrected chi connectivity index (χ2v) is 7.87. The van der Waals surface area contributed by atoms with E-state index in [1.165, 1.54) is 22.9 Å². The van der Waals surface area contributed by atoms with Crippen molar-refractivity contribution in [2.75, 3.05) is 5.75 Å². The van der Waals surface area contributed by atoms with Crippen LogP contribution in [0.3, 0.4) is 0 Å². The summed E-state index contributed by atoms with van der Waals surface area (Å²) in [5.41, 5.74) is 6.78. The van der Waals surface area contributed by atoms with Gasteiger partial charge in [0.25, 0.3) is 0 Å². The zero-order valence-corrected chi connectivity index (χ0v) is 17.9. The summed E-state index contributed by atoms with van der Waals surface area (Å²) in [6.07, 6.45) is 13.4. The first-order chi connectivity index (χ1) is 14.6. The van der Waals surface area contributed by atoms with E-state index in [1.807, 2.05) is 30.4 Å². The fourth-order valence-electron chi connectivity index (χ4n) is 2.83. The number of aromatic nitrogens is 1. The van der Waals surface area contributed by atoms with E-state index >= 15 is 0 Å². The topological polar surface area (TPSA) is 36.7 Å². The average Bonchev–Trinajstić information content (AvgIpc) is 2.76. The first-order valence-corrected chi connectivity index (χ1v) is 10.6. The van der Waals surface area contributed by atoms with Gasteiger partial charge in [-0.15, -0.1) is 6.42 Å². The van der Waals surface area contributed by atoms with Crippen molar-refractivity contribution in [1.29, 1.82) is 5.26 Å². The molecular formula is C27H22N2S. The van der Waals surface area contributed by atoms with Crippen molar-refractivity contribution in [3.63, 3.8) is 0 Å². The van der Waals surface area contributed by atoms with Crippen LogP contribution in [0, 0.1) is 37.5 Å². The van der Waals surface area contributed by atoms with Gasteiger partial charge in [0, 0.05) is 0 Å². The summed E-state index contributed by atoms with van der Waals surface area (Å²) in [5.74, 6) is 3.08. The smallest absolute Gasteiger partial charge is 0.116 e. The van der Waals surface area contributed by atoms with Crippen molar-refractivity contribution < 1.29 is 0 Å². The van der Waals surface area contributed by atoms with Crippen LogP contribution >= 0.6 is 11.8 Å². The molecule has 2 nitrogen and oxygen atoms in total. The molecule has 3 rings (SSSR count). The number of rotatable bonds is 6. The Hall–Kier alpha value is -3.53. The second kappa shape index (κ2) is 10.3. The Bertz CT molecular complexity index is 1160. The van der Waals surface area contributed by atoms with E-state index in [9.17, 15) is 5.26 Å². The van der Waals surface area contributed by atoms with Gasteiger partial charge in [0.15, 0.2) is 0 Å². The maximum atomic E-state index is 9.75. The number of pyridine rings is 1. The van der Waals surface area contributed by atoms with Crippen LogP contribution in [-0.2, 0) is 0 Å². The van der Waals surface area contributed by atoms with Gasteiger partial charge in [0.05, 0.1) is 17.0 Å². The summed E-state index contributed by atoms with van der Waals surface area (Å²) < 4.78 is 0. The highest BCUT2D eigenvalue weighted by Gasteiger charge is 2.10. The molecule has 146 valence electrons. The first kappa shape index (κ1) is 21.2. The summed E-state index contributed by atoms with van der Waals surface area (Å²) in [6.45, 7) is 4.13. The highest BCUT2D eigenvalue weighted by molar-refractivity contribution is 7.99. The molecule has 3 heteroatoms. The average molecular weight is 407 g/mol. The summed E-state index contributed by atoms with van der Waals surface area (Å²) in [7, 11) is 0. The molecule has 0 aliphatic heterocycles. The Morgan fingerprint density at radius 1 is 0.900 bits per heavy atom. The standard InChI is InChI=1S/C27H22N2S/c1-4-17-30-27-26(19-28)24(15-13-22-9-5-20(2)6-10-22)18-25(29-27)16-14-23-11-7-21(3)8-12-23/h1,5-16,18H,17H2,2-3H3/b15-13+,16-14+. The number of thioether (sulfide) groups is 1. The van der Waals surface area contributed by atoms with E-state index in [0.29, 0.717) is 16.3 Å². The van der Waals surface area contributed by atoms with Gasteiger partial charge in [0.2, 0.25) is 0 Å². The molecule has 30 heavy (non-hydrogen) atoms. The third-order valence-corrected chi connectivity index (χ3v) is 5.38. The molecule has 0 saturated heterocycles. The van der Waals surface area contributed by atoms with Crippen molar-refractivity contribution in [3.05, 3.63) is 93.7 Å². The third kappa shape index (κ3) is 5.74. The summed E-state index contributed by atoms with van der Waals surface area (Å²) in [5, 5.41) is 10.4. The van der Waals surface area contributed by atoms with Gasteiger partial charge < -0.3 is 0 Å². The lowest BCUT2D eigenvalue weighted by Crippen LogP contribution is -1.95. The minimum absolute atomic E-state index is 0.466. The molecule has 3 aromatic rings. The van der Waals surface area contributed by atoms with Gasteiger partial charge in [-0.1, -0.05) is 95.6 Å². The Balaban J connectivity index is 1.99. The van der Waals surface area contributed by atoms with Crippen molar-refractivity contribution >= 4 is 36.1 Å². The zero-order valence-electron chi connectivity index (χ0n) is 17.1. The van der Waals surface area contributed by atoms with E-state index in [4.69, 9.17) is 6.42 Å². The monoisotopic (exact) mass is 406 g/mol. The molecule has 0 aliphatic carbocycles. The van der Waals surface area contributed by atoms with E-state index in [0.717, 1.165) is 22.4 Å². The molecule has 0 radical (unpaired) electrons. The number of hydrogen-bond donors (Lipinski definition) is 0. The van der Waals surface area contributed by atoms with Crippen LogP contribution in [0.5, 0.6) is 0 Å². The van der Waals surface area contributed by atoms with E-state index < -0.39 is 0 Å². The predicted octanol–water partition coefficient (Wildman–Crippen LogP) is 6.64. The Labute approximate surface area is 183 Å². The molecule has 0 fully saturated rings. The molecule has 0 aliphatic rings. The Kier molecular flexibility index (Phi) is 7.28. The van der Waals surface area contributed by atoms with Gasteiger partial charge in [-0.3, -0.25) is 0 Å². The minimum atomic E-state index is 0.466. The maximum Gasteiger partial charge on any atom is 0.116 e. The largest absolute Gasteiger partial charge is 0.241 e. The highest BCUT2D eigenvalue weighted by atomic mass is 32.2. The number of benzene rings is 2. The number of nitrogens with zero attached hydrogens (tertiary/aromatic N) is 2. The SMILES string of the molecule is C#CCSc1nc(/C=C/c2ccc(C)cc2)cc(/C=C/c2ccc(C)cc2)c1C#N. The number of nitriles is 1. The normalized spacial score (nSPS) is 10.9. The molecule has 0 N–H and O–H groups in total. The Morgan fingerprint density at radius 2 is 1.47 bits per heavy atom. The number of hydrogen-bond acceptors (Lipinski definition) is 3. The third-order valence-electron chi connectivity index (χ3n) is 4.50. The predicted molar refractivity (Wildman–Crippen MR) is 129 cm³/mol. The van der Waals surface area contributed by atoms with E-state index in [2.05, 4.69) is 79.4 Å². The molecule has 0 bridgehead atoms. The fraction of sp³-hybridized carbons (Fsp3) is 0.111. The summed E-state index contributed by atoms with van der Waals surface area (Å²) in [4.78, 5) is 4.67. The van der Waals surface area contributed by atoms with Gasteiger partial charge >= 0.3 is 0 Å². The van der Waals surface area contributed by atoms with Gasteiger partial charge in [0.1, 0.15) is 11.1 Å². The lowest BCUT2D eigenvalue weighted by Gasteiger charge is -2.07. The number of aryl methyl sites for hydroxylation is 2. The van der Waals surface area contributed by atoms with Crippen LogP contribution in [0.1, 0.15) is 39.1 Å². The minimum Gasteiger partial charge on any atom is -0.241 e. The number of terminal acetylenes is 1. The van der Waals surface area contributed by atoms with Crippen molar-refractivity contribution in [2.45, 2.75) is 18.9 Å². The molecule has 1 aromatic heterocycles. The van der Waals surface area contributed by atoms with Crippen LogP contribution in [0.25, 0.3) is 24.3 Å². The quantitative estimate of drug-likeness (QED) is 0.340. The maximum absolute atomic E-state index is 9.75. The van der Waals surface area contributed by atoms with Gasteiger partial charge in [-0.2, -0.15) is 5.26 Å². The molecular weight excluding hydrogens is 384 g/mol. The summed E-state index contributed by atoms with van der Waals surface area (Å²) >= 11 is 1.41. The van der Waals surface area contributed by atoms with Gasteiger partial charge in [-0.05, 0) is 42.7 Å². The molecule has 0 saturated carbocycles. The molecule has 0 unspecified atom stereocenters. The molecule has 0 amide bonds.